The van der Waals surface area contributed by atoms with Gasteiger partial charge in [0.15, 0.2) is 0 Å². The molecule has 0 saturated heterocycles. The molecule has 4 unspecified atom stereocenters. The standard InChI is InChI=1S/C22H32N4O8S/c1-12(23)19(30)26-17(11-13-3-5-14(27)6-4-13)21(32)24-15(7-8-18(28)29)20(31)25-16(22(33)34)9-10-35-2/h3-6,12,15-17,27H,7-11,23H2,1-2H3,(H,24,32)(H,25,31)(H,26,30)(H,28,29)(H,33,34). The number of carbonyl (C=O) groups is 5. The highest BCUT2D eigenvalue weighted by Crippen LogP contribution is 2.12. The Hall–Kier alpha value is -3.32. The summed E-state index contributed by atoms with van der Waals surface area (Å²) in [7, 11) is 0. The van der Waals surface area contributed by atoms with Crippen LogP contribution >= 0.6 is 11.8 Å². The molecule has 1 rings (SSSR count). The van der Waals surface area contributed by atoms with E-state index in [2.05, 4.69) is 16.0 Å². The van der Waals surface area contributed by atoms with E-state index in [0.29, 0.717) is 11.3 Å². The molecule has 0 aliphatic carbocycles. The highest BCUT2D eigenvalue weighted by molar-refractivity contribution is 7.98. The molecular weight excluding hydrogens is 480 g/mol. The molecule has 0 bridgehead atoms. The van der Waals surface area contributed by atoms with Crippen LogP contribution in [0.5, 0.6) is 5.75 Å². The molecule has 4 atom stereocenters. The quantitative estimate of drug-likeness (QED) is 0.159. The number of carbonyl (C=O) groups excluding carboxylic acids is 3. The third-order valence-electron chi connectivity index (χ3n) is 4.93. The number of nitrogens with two attached hydrogens (primary N) is 1. The summed E-state index contributed by atoms with van der Waals surface area (Å²) in [6.07, 6.45) is 1.14. The number of aliphatic carboxylic acids is 2. The molecule has 0 aliphatic heterocycles. The number of aromatic hydroxyl groups is 1. The van der Waals surface area contributed by atoms with Gasteiger partial charge in [-0.15, -0.1) is 0 Å². The van der Waals surface area contributed by atoms with Gasteiger partial charge in [0.05, 0.1) is 6.04 Å². The highest BCUT2D eigenvalue weighted by Gasteiger charge is 2.30. The fourth-order valence-electron chi connectivity index (χ4n) is 2.95. The fourth-order valence-corrected chi connectivity index (χ4v) is 3.43. The second kappa shape index (κ2) is 14.8. The molecule has 3 amide bonds. The lowest BCUT2D eigenvalue weighted by molar-refractivity contribution is -0.143. The molecule has 8 N–H and O–H groups in total. The van der Waals surface area contributed by atoms with Crippen molar-refractivity contribution < 1.29 is 39.3 Å². The Kier molecular flexibility index (Phi) is 12.6. The summed E-state index contributed by atoms with van der Waals surface area (Å²) in [5.41, 5.74) is 6.17. The molecule has 13 heteroatoms. The van der Waals surface area contributed by atoms with E-state index in [1.54, 1.807) is 18.4 Å². The van der Waals surface area contributed by atoms with Crippen LogP contribution in [0.3, 0.4) is 0 Å². The minimum absolute atomic E-state index is 0.00855. The zero-order chi connectivity index (χ0) is 26.5. The molecule has 194 valence electrons. The van der Waals surface area contributed by atoms with Gasteiger partial charge in [-0.05, 0) is 49.5 Å². The third-order valence-corrected chi connectivity index (χ3v) is 5.57. The second-order valence-electron chi connectivity index (χ2n) is 7.89. The first-order chi connectivity index (χ1) is 16.4. The number of carboxylic acid groups (broad SMARTS) is 2. The smallest absolute Gasteiger partial charge is 0.326 e. The molecule has 0 spiro atoms. The van der Waals surface area contributed by atoms with Gasteiger partial charge in [-0.2, -0.15) is 11.8 Å². The maximum absolute atomic E-state index is 13.1. The fraction of sp³-hybridized carbons (Fsp3) is 0.500. The van der Waals surface area contributed by atoms with Crippen LogP contribution in [-0.2, 0) is 30.4 Å². The Morgan fingerprint density at radius 2 is 1.43 bits per heavy atom. The van der Waals surface area contributed by atoms with Gasteiger partial charge < -0.3 is 37.0 Å². The van der Waals surface area contributed by atoms with Crippen molar-refractivity contribution in [3.63, 3.8) is 0 Å². The Morgan fingerprint density at radius 1 is 0.886 bits per heavy atom. The van der Waals surface area contributed by atoms with Gasteiger partial charge in [0.1, 0.15) is 23.9 Å². The molecule has 1 aromatic carbocycles. The van der Waals surface area contributed by atoms with Crippen LogP contribution in [0.15, 0.2) is 24.3 Å². The van der Waals surface area contributed by atoms with E-state index in [1.165, 1.54) is 30.8 Å². The number of rotatable bonds is 15. The number of amides is 3. The largest absolute Gasteiger partial charge is 0.508 e. The van der Waals surface area contributed by atoms with Crippen molar-refractivity contribution >= 4 is 41.4 Å². The average Bonchev–Trinajstić information content (AvgIpc) is 2.79. The summed E-state index contributed by atoms with van der Waals surface area (Å²) in [6.45, 7) is 1.43. The highest BCUT2D eigenvalue weighted by atomic mass is 32.2. The molecule has 0 radical (unpaired) electrons. The van der Waals surface area contributed by atoms with Crippen LogP contribution < -0.4 is 21.7 Å². The molecule has 0 aliphatic rings. The van der Waals surface area contributed by atoms with Crippen LogP contribution in [0.4, 0.5) is 0 Å². The Morgan fingerprint density at radius 3 is 1.94 bits per heavy atom. The number of hydrogen-bond acceptors (Lipinski definition) is 8. The van der Waals surface area contributed by atoms with Crippen molar-refractivity contribution in [2.75, 3.05) is 12.0 Å². The predicted molar refractivity (Wildman–Crippen MR) is 129 cm³/mol. The molecule has 0 heterocycles. The van der Waals surface area contributed by atoms with Crippen molar-refractivity contribution in [1.29, 1.82) is 0 Å². The molecule has 12 nitrogen and oxygen atoms in total. The van der Waals surface area contributed by atoms with E-state index in [0.717, 1.165) is 0 Å². The van der Waals surface area contributed by atoms with Crippen molar-refractivity contribution in [2.24, 2.45) is 5.73 Å². The topological polar surface area (TPSA) is 208 Å². The van der Waals surface area contributed by atoms with Gasteiger partial charge in [0.25, 0.3) is 0 Å². The summed E-state index contributed by atoms with van der Waals surface area (Å²) < 4.78 is 0. The Bertz CT molecular complexity index is 894. The van der Waals surface area contributed by atoms with Gasteiger partial charge in [0.2, 0.25) is 17.7 Å². The number of phenolic OH excluding ortho intramolecular Hbond substituents is 1. The first kappa shape index (κ1) is 29.7. The minimum atomic E-state index is -1.36. The van der Waals surface area contributed by atoms with Crippen molar-refractivity contribution in [2.45, 2.75) is 56.8 Å². The molecule has 0 saturated carbocycles. The molecular formula is C22H32N4O8S. The summed E-state index contributed by atoms with van der Waals surface area (Å²) in [5, 5.41) is 35.1. The van der Waals surface area contributed by atoms with E-state index in [1.807, 2.05) is 0 Å². The number of hydrogen-bond donors (Lipinski definition) is 7. The Balaban J connectivity index is 3.09. The van der Waals surface area contributed by atoms with Crippen LogP contribution in [0.1, 0.15) is 31.7 Å². The monoisotopic (exact) mass is 512 g/mol. The van der Waals surface area contributed by atoms with Crippen LogP contribution in [-0.4, -0.2) is 81.2 Å². The lowest BCUT2D eigenvalue weighted by Gasteiger charge is -2.25. The van der Waals surface area contributed by atoms with Crippen LogP contribution in [0, 0.1) is 0 Å². The number of benzene rings is 1. The maximum atomic E-state index is 13.1. The molecule has 0 aromatic heterocycles. The normalized spacial score (nSPS) is 14.1. The summed E-state index contributed by atoms with van der Waals surface area (Å²) in [6, 6.07) is 1.22. The van der Waals surface area contributed by atoms with E-state index >= 15 is 0 Å². The third kappa shape index (κ3) is 11.1. The molecule has 1 aromatic rings. The van der Waals surface area contributed by atoms with Crippen LogP contribution in [0.25, 0.3) is 0 Å². The second-order valence-corrected chi connectivity index (χ2v) is 8.88. The predicted octanol–water partition coefficient (Wildman–Crippen LogP) is -0.561. The summed E-state index contributed by atoms with van der Waals surface area (Å²) in [5.74, 6) is -4.26. The zero-order valence-electron chi connectivity index (χ0n) is 19.5. The van der Waals surface area contributed by atoms with Gasteiger partial charge in [-0.1, -0.05) is 12.1 Å². The van der Waals surface area contributed by atoms with Crippen molar-refractivity contribution in [1.82, 2.24) is 16.0 Å². The average molecular weight is 513 g/mol. The Labute approximate surface area is 207 Å². The first-order valence-corrected chi connectivity index (χ1v) is 12.2. The van der Waals surface area contributed by atoms with E-state index in [4.69, 9.17) is 10.8 Å². The van der Waals surface area contributed by atoms with Crippen molar-refractivity contribution in [3.8, 4) is 5.75 Å². The van der Waals surface area contributed by atoms with Crippen LogP contribution in [0.2, 0.25) is 0 Å². The summed E-state index contributed by atoms with van der Waals surface area (Å²) >= 11 is 1.39. The SMILES string of the molecule is CSCCC(NC(=O)C(CCC(=O)O)NC(=O)C(Cc1ccc(O)cc1)NC(=O)C(C)N)C(=O)O. The number of carboxylic acids is 2. The van der Waals surface area contributed by atoms with E-state index in [9.17, 15) is 34.2 Å². The zero-order valence-corrected chi connectivity index (χ0v) is 20.3. The van der Waals surface area contributed by atoms with E-state index in [-0.39, 0.29) is 25.0 Å². The van der Waals surface area contributed by atoms with Gasteiger partial charge in [0, 0.05) is 12.8 Å². The van der Waals surface area contributed by atoms with Gasteiger partial charge in [-0.3, -0.25) is 19.2 Å². The summed E-state index contributed by atoms with van der Waals surface area (Å²) in [4.78, 5) is 60.6. The minimum Gasteiger partial charge on any atom is -0.508 e. The molecule has 35 heavy (non-hydrogen) atoms. The number of nitrogens with one attached hydrogen (secondary N) is 3. The lowest BCUT2D eigenvalue weighted by Crippen LogP contribution is -2.57. The van der Waals surface area contributed by atoms with E-state index < -0.39 is 60.2 Å². The van der Waals surface area contributed by atoms with Crippen molar-refractivity contribution in [3.05, 3.63) is 29.8 Å². The lowest BCUT2D eigenvalue weighted by atomic mass is 10.0. The van der Waals surface area contributed by atoms with Gasteiger partial charge >= 0.3 is 11.9 Å². The van der Waals surface area contributed by atoms with Gasteiger partial charge in [-0.25, -0.2) is 4.79 Å². The number of phenols is 1. The first-order valence-electron chi connectivity index (χ1n) is 10.8. The number of thioether (sulfide) groups is 1. The maximum Gasteiger partial charge on any atom is 0.326 e. The molecule has 0 fully saturated rings.